The quantitative estimate of drug-likeness (QED) is 0.558. The van der Waals surface area contributed by atoms with Crippen molar-refractivity contribution in [2.75, 3.05) is 24.2 Å². The van der Waals surface area contributed by atoms with E-state index in [4.69, 9.17) is 10.8 Å². The van der Waals surface area contributed by atoms with Gasteiger partial charge in [0.2, 0.25) is 0 Å². The Kier molecular flexibility index (Phi) is 2.74. The molecule has 0 saturated heterocycles. The monoisotopic (exact) mass is 152 g/mol. The second-order valence-corrected chi connectivity index (χ2v) is 2.27. The minimum Gasteiger partial charge on any atom is -0.399 e. The number of aliphatic hydroxyl groups excluding tert-OH is 1. The normalized spacial score (nSPS) is 9.55. The first-order valence-corrected chi connectivity index (χ1v) is 3.53. The summed E-state index contributed by atoms with van der Waals surface area (Å²) in [7, 11) is 0. The number of hydrogen-bond donors (Lipinski definition) is 3. The molecule has 1 aromatic rings. The van der Waals surface area contributed by atoms with Gasteiger partial charge in [-0.1, -0.05) is 0 Å². The van der Waals surface area contributed by atoms with Gasteiger partial charge >= 0.3 is 0 Å². The minimum atomic E-state index is 0.143. The summed E-state index contributed by atoms with van der Waals surface area (Å²) in [5, 5.41) is 11.5. The Bertz CT molecular complexity index is 208. The molecule has 0 saturated carbocycles. The molecule has 0 radical (unpaired) electrons. The lowest BCUT2D eigenvalue weighted by atomic mass is 10.3. The van der Waals surface area contributed by atoms with E-state index < -0.39 is 0 Å². The summed E-state index contributed by atoms with van der Waals surface area (Å²) in [5.74, 6) is 0. The van der Waals surface area contributed by atoms with Gasteiger partial charge in [-0.2, -0.15) is 0 Å². The number of benzene rings is 1. The lowest BCUT2D eigenvalue weighted by Crippen LogP contribution is -2.04. The Hall–Kier alpha value is -1.22. The van der Waals surface area contributed by atoms with Gasteiger partial charge in [0.05, 0.1) is 6.61 Å². The van der Waals surface area contributed by atoms with E-state index >= 15 is 0 Å². The van der Waals surface area contributed by atoms with Crippen LogP contribution in [-0.2, 0) is 0 Å². The molecule has 3 heteroatoms. The zero-order chi connectivity index (χ0) is 8.10. The van der Waals surface area contributed by atoms with E-state index in [-0.39, 0.29) is 6.61 Å². The summed E-state index contributed by atoms with van der Waals surface area (Å²) in [6, 6.07) is 7.40. The van der Waals surface area contributed by atoms with Gasteiger partial charge < -0.3 is 16.2 Å². The summed E-state index contributed by atoms with van der Waals surface area (Å²) in [5.41, 5.74) is 7.21. The summed E-state index contributed by atoms with van der Waals surface area (Å²) in [6.07, 6.45) is 0. The highest BCUT2D eigenvalue weighted by Crippen LogP contribution is 2.09. The Labute approximate surface area is 65.8 Å². The molecule has 60 valence electrons. The topological polar surface area (TPSA) is 58.3 Å². The molecule has 0 aliphatic heterocycles. The van der Waals surface area contributed by atoms with E-state index in [1.165, 1.54) is 0 Å². The number of nitrogen functional groups attached to an aromatic ring is 1. The minimum absolute atomic E-state index is 0.143. The van der Waals surface area contributed by atoms with Gasteiger partial charge in [0.1, 0.15) is 0 Å². The van der Waals surface area contributed by atoms with E-state index in [0.29, 0.717) is 6.54 Å². The molecule has 1 aromatic carbocycles. The molecule has 0 spiro atoms. The van der Waals surface area contributed by atoms with Gasteiger partial charge in [-0.15, -0.1) is 0 Å². The molecule has 0 aliphatic rings. The van der Waals surface area contributed by atoms with Gasteiger partial charge in [-0.3, -0.25) is 0 Å². The Morgan fingerprint density at radius 1 is 1.27 bits per heavy atom. The second kappa shape index (κ2) is 3.83. The lowest BCUT2D eigenvalue weighted by Gasteiger charge is -2.03. The molecule has 1 rings (SSSR count). The van der Waals surface area contributed by atoms with Crippen molar-refractivity contribution in [3.05, 3.63) is 24.3 Å². The van der Waals surface area contributed by atoms with Crippen molar-refractivity contribution >= 4 is 11.4 Å². The molecule has 0 unspecified atom stereocenters. The van der Waals surface area contributed by atoms with Crippen LogP contribution in [0.25, 0.3) is 0 Å². The maximum atomic E-state index is 8.49. The van der Waals surface area contributed by atoms with Gasteiger partial charge in [-0.05, 0) is 24.3 Å². The fourth-order valence-electron chi connectivity index (χ4n) is 0.801. The molecule has 0 bridgehead atoms. The van der Waals surface area contributed by atoms with Crippen LogP contribution in [0.4, 0.5) is 11.4 Å². The van der Waals surface area contributed by atoms with Crippen molar-refractivity contribution in [2.45, 2.75) is 0 Å². The molecular weight excluding hydrogens is 140 g/mol. The fraction of sp³-hybridized carbons (Fsp3) is 0.250. The van der Waals surface area contributed by atoms with Gasteiger partial charge in [-0.25, -0.2) is 0 Å². The summed E-state index contributed by atoms with van der Waals surface area (Å²) in [6.45, 7) is 0.717. The van der Waals surface area contributed by atoms with Crippen LogP contribution >= 0.6 is 0 Å². The van der Waals surface area contributed by atoms with E-state index in [1.807, 2.05) is 24.3 Å². The number of nitrogens with one attached hydrogen (secondary N) is 1. The lowest BCUT2D eigenvalue weighted by molar-refractivity contribution is 0.311. The Morgan fingerprint density at radius 3 is 2.45 bits per heavy atom. The van der Waals surface area contributed by atoms with E-state index in [1.54, 1.807) is 0 Å². The molecule has 11 heavy (non-hydrogen) atoms. The van der Waals surface area contributed by atoms with Crippen LogP contribution in [0.2, 0.25) is 0 Å². The van der Waals surface area contributed by atoms with Crippen molar-refractivity contribution in [1.29, 1.82) is 0 Å². The third kappa shape index (κ3) is 2.47. The van der Waals surface area contributed by atoms with Crippen molar-refractivity contribution in [3.63, 3.8) is 0 Å². The van der Waals surface area contributed by atoms with Crippen molar-refractivity contribution < 1.29 is 5.11 Å². The average molecular weight is 152 g/mol. The first-order chi connectivity index (χ1) is 5.33. The van der Waals surface area contributed by atoms with Gasteiger partial charge in [0, 0.05) is 17.9 Å². The first kappa shape index (κ1) is 7.88. The van der Waals surface area contributed by atoms with Crippen molar-refractivity contribution in [2.24, 2.45) is 0 Å². The van der Waals surface area contributed by atoms with Crippen LogP contribution in [0.5, 0.6) is 0 Å². The van der Waals surface area contributed by atoms with Crippen LogP contribution in [0.3, 0.4) is 0 Å². The van der Waals surface area contributed by atoms with Gasteiger partial charge in [0.15, 0.2) is 0 Å². The van der Waals surface area contributed by atoms with Crippen LogP contribution in [0, 0.1) is 0 Å². The SMILES string of the molecule is Nc1ccc(NCCO)cc1. The zero-order valence-corrected chi connectivity index (χ0v) is 6.25. The standard InChI is InChI=1S/C8H12N2O/c9-7-1-3-8(4-2-7)10-5-6-11/h1-4,10-11H,5-6,9H2. The molecular formula is C8H12N2O. The van der Waals surface area contributed by atoms with E-state index in [2.05, 4.69) is 5.32 Å². The Balaban J connectivity index is 2.52. The average Bonchev–Trinajstić information content (AvgIpc) is 2.04. The number of anilines is 2. The highest BCUT2D eigenvalue weighted by Gasteiger charge is 1.88. The summed E-state index contributed by atoms with van der Waals surface area (Å²) >= 11 is 0. The highest BCUT2D eigenvalue weighted by molar-refractivity contribution is 5.50. The molecule has 0 heterocycles. The molecule has 0 atom stereocenters. The molecule has 4 N–H and O–H groups in total. The van der Waals surface area contributed by atoms with E-state index in [9.17, 15) is 0 Å². The molecule has 0 aliphatic carbocycles. The van der Waals surface area contributed by atoms with Crippen LogP contribution < -0.4 is 11.1 Å². The molecule has 0 aromatic heterocycles. The third-order valence-electron chi connectivity index (χ3n) is 1.35. The Morgan fingerprint density at radius 2 is 1.91 bits per heavy atom. The van der Waals surface area contributed by atoms with Crippen LogP contribution in [-0.4, -0.2) is 18.3 Å². The highest BCUT2D eigenvalue weighted by atomic mass is 16.3. The largest absolute Gasteiger partial charge is 0.399 e. The van der Waals surface area contributed by atoms with Crippen LogP contribution in [0.15, 0.2) is 24.3 Å². The number of hydrogen-bond acceptors (Lipinski definition) is 3. The molecule has 0 amide bonds. The number of aliphatic hydroxyl groups is 1. The fourth-order valence-corrected chi connectivity index (χ4v) is 0.801. The first-order valence-electron chi connectivity index (χ1n) is 3.53. The summed E-state index contributed by atoms with van der Waals surface area (Å²) < 4.78 is 0. The van der Waals surface area contributed by atoms with E-state index in [0.717, 1.165) is 11.4 Å². The smallest absolute Gasteiger partial charge is 0.0604 e. The van der Waals surface area contributed by atoms with Crippen molar-refractivity contribution in [1.82, 2.24) is 0 Å². The maximum absolute atomic E-state index is 8.49. The van der Waals surface area contributed by atoms with Crippen LogP contribution in [0.1, 0.15) is 0 Å². The second-order valence-electron chi connectivity index (χ2n) is 2.27. The maximum Gasteiger partial charge on any atom is 0.0604 e. The number of nitrogens with two attached hydrogens (primary N) is 1. The molecule has 3 nitrogen and oxygen atoms in total. The predicted molar refractivity (Wildman–Crippen MR) is 46.4 cm³/mol. The predicted octanol–water partition coefficient (Wildman–Crippen LogP) is 0.673. The number of rotatable bonds is 3. The molecule has 0 fully saturated rings. The summed E-state index contributed by atoms with van der Waals surface area (Å²) in [4.78, 5) is 0. The zero-order valence-electron chi connectivity index (χ0n) is 6.25. The van der Waals surface area contributed by atoms with Crippen molar-refractivity contribution in [3.8, 4) is 0 Å². The van der Waals surface area contributed by atoms with Gasteiger partial charge in [0.25, 0.3) is 0 Å². The third-order valence-corrected chi connectivity index (χ3v) is 1.35.